The SMILES string of the molecule is CCOc1ccc2ccccc2c1C(=O)Nc1ccccc1Cc1nc(-c2ccco2)no1. The molecule has 0 fully saturated rings. The van der Waals surface area contributed by atoms with Gasteiger partial charge in [0.1, 0.15) is 5.75 Å². The molecule has 33 heavy (non-hydrogen) atoms. The van der Waals surface area contributed by atoms with Crippen LogP contribution in [0.5, 0.6) is 5.75 Å². The highest BCUT2D eigenvalue weighted by molar-refractivity contribution is 6.15. The third-order valence-electron chi connectivity index (χ3n) is 5.23. The van der Waals surface area contributed by atoms with Crippen molar-refractivity contribution in [3.63, 3.8) is 0 Å². The topological polar surface area (TPSA) is 90.4 Å². The molecule has 5 aromatic rings. The van der Waals surface area contributed by atoms with E-state index in [1.54, 1.807) is 18.4 Å². The molecule has 2 heterocycles. The van der Waals surface area contributed by atoms with Crippen LogP contribution in [-0.4, -0.2) is 22.7 Å². The molecule has 164 valence electrons. The fourth-order valence-corrected chi connectivity index (χ4v) is 3.74. The summed E-state index contributed by atoms with van der Waals surface area (Å²) in [4.78, 5) is 17.8. The summed E-state index contributed by atoms with van der Waals surface area (Å²) in [5.41, 5.74) is 2.01. The number of carbonyl (C=O) groups is 1. The van der Waals surface area contributed by atoms with E-state index in [2.05, 4.69) is 15.5 Å². The molecule has 1 N–H and O–H groups in total. The summed E-state index contributed by atoms with van der Waals surface area (Å²) in [6.07, 6.45) is 1.91. The van der Waals surface area contributed by atoms with Gasteiger partial charge in [-0.1, -0.05) is 53.7 Å². The molecule has 0 radical (unpaired) electrons. The van der Waals surface area contributed by atoms with Crippen molar-refractivity contribution in [2.75, 3.05) is 11.9 Å². The van der Waals surface area contributed by atoms with E-state index in [9.17, 15) is 4.79 Å². The number of nitrogens with zero attached hydrogens (tertiary/aromatic N) is 2. The van der Waals surface area contributed by atoms with E-state index in [1.165, 1.54) is 0 Å². The van der Waals surface area contributed by atoms with Crippen LogP contribution in [0.15, 0.2) is 88.0 Å². The number of benzene rings is 3. The predicted octanol–water partition coefficient (Wildman–Crippen LogP) is 5.72. The molecule has 7 nitrogen and oxygen atoms in total. The first-order valence-corrected chi connectivity index (χ1v) is 10.6. The standard InChI is InChI=1S/C26H21N3O4/c1-2-31-21-14-13-17-8-3-5-10-19(17)24(21)26(30)27-20-11-6-4-9-18(20)16-23-28-25(29-33-23)22-12-7-15-32-22/h3-15H,2,16H2,1H3,(H,27,30). The van der Waals surface area contributed by atoms with Crippen LogP contribution >= 0.6 is 0 Å². The average Bonchev–Trinajstić information content (AvgIpc) is 3.52. The number of hydrogen-bond donors (Lipinski definition) is 1. The Bertz CT molecular complexity index is 1410. The number of rotatable bonds is 7. The molecule has 3 aromatic carbocycles. The maximum Gasteiger partial charge on any atom is 0.260 e. The Hall–Kier alpha value is -4.39. The van der Waals surface area contributed by atoms with Crippen LogP contribution in [0, 0.1) is 0 Å². The summed E-state index contributed by atoms with van der Waals surface area (Å²) >= 11 is 0. The number of carbonyl (C=O) groups excluding carboxylic acids is 1. The first-order valence-electron chi connectivity index (χ1n) is 10.6. The molecule has 0 bridgehead atoms. The maximum atomic E-state index is 13.4. The minimum atomic E-state index is -0.246. The molecule has 5 rings (SSSR count). The second-order valence-corrected chi connectivity index (χ2v) is 7.37. The van der Waals surface area contributed by atoms with Crippen LogP contribution < -0.4 is 10.1 Å². The van der Waals surface area contributed by atoms with E-state index in [0.29, 0.717) is 47.5 Å². The summed E-state index contributed by atoms with van der Waals surface area (Å²) in [5, 5.41) is 8.82. The lowest BCUT2D eigenvalue weighted by Crippen LogP contribution is -2.15. The van der Waals surface area contributed by atoms with Gasteiger partial charge < -0.3 is 19.0 Å². The van der Waals surface area contributed by atoms with Crippen molar-refractivity contribution in [1.29, 1.82) is 0 Å². The summed E-state index contributed by atoms with van der Waals surface area (Å²) in [6, 6.07) is 22.6. The molecule has 1 amide bonds. The van der Waals surface area contributed by atoms with Gasteiger partial charge in [0.05, 0.1) is 24.9 Å². The molecule has 0 aliphatic carbocycles. The zero-order chi connectivity index (χ0) is 22.6. The van der Waals surface area contributed by atoms with Crippen molar-refractivity contribution in [3.8, 4) is 17.3 Å². The minimum Gasteiger partial charge on any atom is -0.493 e. The molecule has 0 spiro atoms. The summed E-state index contributed by atoms with van der Waals surface area (Å²) in [5.74, 6) is 1.64. The van der Waals surface area contributed by atoms with Gasteiger partial charge >= 0.3 is 0 Å². The monoisotopic (exact) mass is 439 g/mol. The average molecular weight is 439 g/mol. The highest BCUT2D eigenvalue weighted by Gasteiger charge is 2.19. The second-order valence-electron chi connectivity index (χ2n) is 7.37. The number of hydrogen-bond acceptors (Lipinski definition) is 6. The number of ether oxygens (including phenoxy) is 1. The van der Waals surface area contributed by atoms with Crippen molar-refractivity contribution < 1.29 is 18.5 Å². The quantitative estimate of drug-likeness (QED) is 0.349. The number of furan rings is 1. The molecule has 7 heteroatoms. The van der Waals surface area contributed by atoms with Crippen LogP contribution in [0.25, 0.3) is 22.4 Å². The molecular formula is C26H21N3O4. The highest BCUT2D eigenvalue weighted by Crippen LogP contribution is 2.30. The zero-order valence-electron chi connectivity index (χ0n) is 17.9. The smallest absolute Gasteiger partial charge is 0.260 e. The van der Waals surface area contributed by atoms with Crippen LogP contribution in [-0.2, 0) is 6.42 Å². The van der Waals surface area contributed by atoms with E-state index >= 15 is 0 Å². The Labute approximate surface area is 190 Å². The Morgan fingerprint density at radius 2 is 1.85 bits per heavy atom. The second kappa shape index (κ2) is 9.00. The molecule has 0 saturated carbocycles. The van der Waals surface area contributed by atoms with Gasteiger partial charge in [-0.25, -0.2) is 0 Å². The van der Waals surface area contributed by atoms with Crippen LogP contribution in [0.4, 0.5) is 5.69 Å². The van der Waals surface area contributed by atoms with Crippen LogP contribution in [0.1, 0.15) is 28.7 Å². The van der Waals surface area contributed by atoms with E-state index in [0.717, 1.165) is 16.3 Å². The Kier molecular flexibility index (Phi) is 5.59. The van der Waals surface area contributed by atoms with Gasteiger partial charge in [0.2, 0.25) is 11.7 Å². The number of amides is 1. The lowest BCUT2D eigenvalue weighted by molar-refractivity contribution is 0.102. The molecule has 0 unspecified atom stereocenters. The van der Waals surface area contributed by atoms with E-state index in [-0.39, 0.29) is 5.91 Å². The third kappa shape index (κ3) is 4.21. The maximum absolute atomic E-state index is 13.4. The van der Waals surface area contributed by atoms with Gasteiger partial charge in [0, 0.05) is 5.69 Å². The first-order chi connectivity index (χ1) is 16.2. The Balaban J connectivity index is 1.44. The van der Waals surface area contributed by atoms with Crippen molar-refractivity contribution in [2.24, 2.45) is 0 Å². The van der Waals surface area contributed by atoms with Crippen molar-refractivity contribution in [3.05, 3.63) is 96.1 Å². The highest BCUT2D eigenvalue weighted by atomic mass is 16.5. The van der Waals surface area contributed by atoms with Gasteiger partial charge in [-0.05, 0) is 47.5 Å². The molecule has 2 aromatic heterocycles. The van der Waals surface area contributed by atoms with Crippen molar-refractivity contribution in [2.45, 2.75) is 13.3 Å². The Morgan fingerprint density at radius 3 is 2.70 bits per heavy atom. The first kappa shape index (κ1) is 20.5. The van der Waals surface area contributed by atoms with Gasteiger partial charge in [-0.15, -0.1) is 0 Å². The number of fused-ring (bicyclic) bond motifs is 1. The van der Waals surface area contributed by atoms with E-state index in [4.69, 9.17) is 13.7 Å². The summed E-state index contributed by atoms with van der Waals surface area (Å²) < 4.78 is 16.5. The van der Waals surface area contributed by atoms with Crippen molar-refractivity contribution in [1.82, 2.24) is 10.1 Å². The minimum absolute atomic E-state index is 0.246. The van der Waals surface area contributed by atoms with Crippen LogP contribution in [0.3, 0.4) is 0 Å². The van der Waals surface area contributed by atoms with Gasteiger partial charge in [-0.2, -0.15) is 4.98 Å². The van der Waals surface area contributed by atoms with Gasteiger partial charge in [-0.3, -0.25) is 4.79 Å². The fraction of sp³-hybridized carbons (Fsp3) is 0.115. The lowest BCUT2D eigenvalue weighted by atomic mass is 10.0. The van der Waals surface area contributed by atoms with Crippen molar-refractivity contribution >= 4 is 22.4 Å². The molecular weight excluding hydrogens is 418 g/mol. The molecule has 0 aliphatic rings. The lowest BCUT2D eigenvalue weighted by Gasteiger charge is -2.15. The zero-order valence-corrected chi connectivity index (χ0v) is 17.9. The van der Waals surface area contributed by atoms with Gasteiger partial charge in [0.25, 0.3) is 5.91 Å². The Morgan fingerprint density at radius 1 is 1.00 bits per heavy atom. The van der Waals surface area contributed by atoms with Gasteiger partial charge in [0.15, 0.2) is 5.76 Å². The molecule has 0 aliphatic heterocycles. The van der Waals surface area contributed by atoms with E-state index < -0.39 is 0 Å². The largest absolute Gasteiger partial charge is 0.493 e. The van der Waals surface area contributed by atoms with Crippen LogP contribution in [0.2, 0.25) is 0 Å². The third-order valence-corrected chi connectivity index (χ3v) is 5.23. The summed E-state index contributed by atoms with van der Waals surface area (Å²) in [6.45, 7) is 2.36. The molecule has 0 saturated heterocycles. The fourth-order valence-electron chi connectivity index (χ4n) is 3.74. The normalized spacial score (nSPS) is 10.9. The number of nitrogens with one attached hydrogen (secondary N) is 1. The summed E-state index contributed by atoms with van der Waals surface area (Å²) in [7, 11) is 0. The number of aromatic nitrogens is 2. The molecule has 0 atom stereocenters. The number of anilines is 1. The number of para-hydroxylation sites is 1. The predicted molar refractivity (Wildman–Crippen MR) is 124 cm³/mol. The van der Waals surface area contributed by atoms with E-state index in [1.807, 2.05) is 67.6 Å².